The van der Waals surface area contributed by atoms with Gasteiger partial charge in [0.15, 0.2) is 0 Å². The molecule has 18 heavy (non-hydrogen) atoms. The summed E-state index contributed by atoms with van der Waals surface area (Å²) in [5.41, 5.74) is 2.80. The Morgan fingerprint density at radius 1 is 1.22 bits per heavy atom. The highest BCUT2D eigenvalue weighted by atomic mass is 15.2. The van der Waals surface area contributed by atoms with Crippen LogP contribution in [0.2, 0.25) is 0 Å². The van der Waals surface area contributed by atoms with E-state index >= 15 is 0 Å². The van der Waals surface area contributed by atoms with Gasteiger partial charge in [-0.15, -0.1) is 0 Å². The minimum atomic E-state index is 0.654. The van der Waals surface area contributed by atoms with Crippen LogP contribution in [0.4, 0.5) is 0 Å². The highest BCUT2D eigenvalue weighted by Crippen LogP contribution is 2.34. The molecule has 2 unspecified atom stereocenters. The largest absolute Gasteiger partial charge is 0.311 e. The number of nitrogens with one attached hydrogen (secondary N) is 1. The van der Waals surface area contributed by atoms with Crippen LogP contribution < -0.4 is 5.32 Å². The minimum absolute atomic E-state index is 0.654. The first kappa shape index (κ1) is 12.2. The van der Waals surface area contributed by atoms with Crippen LogP contribution in [0.25, 0.3) is 0 Å². The first-order valence-electron chi connectivity index (χ1n) is 7.25. The lowest BCUT2D eigenvalue weighted by Gasteiger charge is -2.39. The van der Waals surface area contributed by atoms with Crippen LogP contribution in [-0.2, 0) is 6.54 Å². The molecule has 1 N–H and O–H groups in total. The Labute approximate surface area is 110 Å². The van der Waals surface area contributed by atoms with E-state index in [9.17, 15) is 0 Å². The van der Waals surface area contributed by atoms with Crippen LogP contribution in [0.1, 0.15) is 30.9 Å². The van der Waals surface area contributed by atoms with Crippen molar-refractivity contribution in [3.05, 3.63) is 35.4 Å². The van der Waals surface area contributed by atoms with Crippen molar-refractivity contribution in [2.75, 3.05) is 13.1 Å². The highest BCUT2D eigenvalue weighted by Gasteiger charge is 2.35. The topological polar surface area (TPSA) is 15.3 Å². The lowest BCUT2D eigenvalue weighted by atomic mass is 10.0. The normalized spacial score (nSPS) is 29.4. The second-order valence-electron chi connectivity index (χ2n) is 6.12. The van der Waals surface area contributed by atoms with Crippen LogP contribution in [-0.4, -0.2) is 30.1 Å². The summed E-state index contributed by atoms with van der Waals surface area (Å²) < 4.78 is 0. The van der Waals surface area contributed by atoms with Crippen molar-refractivity contribution in [1.29, 1.82) is 0 Å². The van der Waals surface area contributed by atoms with Gasteiger partial charge in [-0.1, -0.05) is 29.8 Å². The summed E-state index contributed by atoms with van der Waals surface area (Å²) >= 11 is 0. The van der Waals surface area contributed by atoms with Gasteiger partial charge in [0.05, 0.1) is 0 Å². The molecule has 1 saturated heterocycles. The van der Waals surface area contributed by atoms with Gasteiger partial charge in [-0.3, -0.25) is 4.90 Å². The second kappa shape index (κ2) is 5.02. The van der Waals surface area contributed by atoms with Crippen LogP contribution in [0.5, 0.6) is 0 Å². The van der Waals surface area contributed by atoms with E-state index in [4.69, 9.17) is 0 Å². The fraction of sp³-hybridized carbons (Fsp3) is 0.625. The molecule has 3 rings (SSSR count). The Hall–Kier alpha value is -0.860. The fourth-order valence-corrected chi connectivity index (χ4v) is 2.91. The summed E-state index contributed by atoms with van der Waals surface area (Å²) in [6.07, 6.45) is 2.87. The van der Waals surface area contributed by atoms with Crippen molar-refractivity contribution >= 4 is 0 Å². The van der Waals surface area contributed by atoms with Gasteiger partial charge in [-0.2, -0.15) is 0 Å². The molecule has 0 spiro atoms. The maximum atomic E-state index is 3.71. The Bertz CT molecular complexity index is 394. The molecule has 2 aliphatic rings. The van der Waals surface area contributed by atoms with E-state index in [1.54, 1.807) is 0 Å². The minimum Gasteiger partial charge on any atom is -0.311 e. The van der Waals surface area contributed by atoms with E-state index in [1.165, 1.54) is 30.5 Å². The number of hydrogen-bond donors (Lipinski definition) is 1. The molecule has 0 amide bonds. The summed E-state index contributed by atoms with van der Waals surface area (Å²) in [6.45, 7) is 7.96. The number of rotatable bonds is 3. The molecule has 98 valence electrons. The lowest BCUT2D eigenvalue weighted by Crippen LogP contribution is -2.55. The summed E-state index contributed by atoms with van der Waals surface area (Å²) in [5.74, 6) is 0.956. The maximum absolute atomic E-state index is 3.71. The molecular weight excluding hydrogens is 220 g/mol. The molecule has 0 bridgehead atoms. The van der Waals surface area contributed by atoms with Crippen molar-refractivity contribution in [1.82, 2.24) is 10.2 Å². The zero-order valence-corrected chi connectivity index (χ0v) is 11.5. The Morgan fingerprint density at radius 3 is 2.61 bits per heavy atom. The highest BCUT2D eigenvalue weighted by molar-refractivity contribution is 5.21. The summed E-state index contributed by atoms with van der Waals surface area (Å²) in [5, 5.41) is 3.71. The molecule has 2 heteroatoms. The van der Waals surface area contributed by atoms with E-state index in [-0.39, 0.29) is 0 Å². The van der Waals surface area contributed by atoms with Crippen molar-refractivity contribution in [3.63, 3.8) is 0 Å². The van der Waals surface area contributed by atoms with Gasteiger partial charge in [0.1, 0.15) is 0 Å². The van der Waals surface area contributed by atoms with E-state index in [0.717, 1.165) is 25.0 Å². The van der Waals surface area contributed by atoms with Crippen LogP contribution in [0.15, 0.2) is 24.3 Å². The van der Waals surface area contributed by atoms with Gasteiger partial charge in [0.2, 0.25) is 0 Å². The average molecular weight is 244 g/mol. The van der Waals surface area contributed by atoms with Gasteiger partial charge >= 0.3 is 0 Å². The smallest absolute Gasteiger partial charge is 0.0237 e. The summed E-state index contributed by atoms with van der Waals surface area (Å²) in [6, 6.07) is 10.4. The third-order valence-corrected chi connectivity index (χ3v) is 4.43. The number of benzene rings is 1. The Balaban J connectivity index is 1.64. The Morgan fingerprint density at radius 2 is 1.94 bits per heavy atom. The average Bonchev–Trinajstić information content (AvgIpc) is 3.19. The second-order valence-corrected chi connectivity index (χ2v) is 6.12. The van der Waals surface area contributed by atoms with Crippen LogP contribution in [0.3, 0.4) is 0 Å². The van der Waals surface area contributed by atoms with Crippen molar-refractivity contribution in [2.45, 2.75) is 45.3 Å². The molecule has 0 radical (unpaired) electrons. The maximum Gasteiger partial charge on any atom is 0.0237 e. The van der Waals surface area contributed by atoms with E-state index in [0.29, 0.717) is 6.04 Å². The van der Waals surface area contributed by atoms with Crippen molar-refractivity contribution in [2.24, 2.45) is 5.92 Å². The molecule has 2 fully saturated rings. The molecule has 1 aromatic rings. The lowest BCUT2D eigenvalue weighted by molar-refractivity contribution is 0.125. The quantitative estimate of drug-likeness (QED) is 0.879. The molecule has 1 saturated carbocycles. The summed E-state index contributed by atoms with van der Waals surface area (Å²) in [4.78, 5) is 2.64. The van der Waals surface area contributed by atoms with Gasteiger partial charge < -0.3 is 5.32 Å². The van der Waals surface area contributed by atoms with E-state index < -0.39 is 0 Å². The molecule has 0 aromatic heterocycles. The predicted octanol–water partition coefficient (Wildman–Crippen LogP) is 2.57. The zero-order chi connectivity index (χ0) is 12.5. The monoisotopic (exact) mass is 244 g/mol. The molecule has 1 aromatic carbocycles. The van der Waals surface area contributed by atoms with Gasteiger partial charge in [-0.05, 0) is 38.2 Å². The number of nitrogens with zero attached hydrogens (tertiary/aromatic N) is 1. The molecule has 1 heterocycles. The third kappa shape index (κ3) is 2.76. The number of piperazine rings is 1. The van der Waals surface area contributed by atoms with E-state index in [1.807, 2.05) is 0 Å². The SMILES string of the molecule is Cc1ccc(CN2CC(C3CC3)NCC2C)cc1. The first-order chi connectivity index (χ1) is 8.72. The Kier molecular flexibility index (Phi) is 3.40. The third-order valence-electron chi connectivity index (χ3n) is 4.43. The van der Waals surface area contributed by atoms with Gasteiger partial charge in [-0.25, -0.2) is 0 Å². The number of hydrogen-bond acceptors (Lipinski definition) is 2. The molecule has 2 nitrogen and oxygen atoms in total. The van der Waals surface area contributed by atoms with Crippen LogP contribution >= 0.6 is 0 Å². The standard InChI is InChI=1S/C16H24N2/c1-12-3-5-14(6-4-12)10-18-11-16(15-7-8-15)17-9-13(18)2/h3-6,13,15-17H,7-11H2,1-2H3. The van der Waals surface area contributed by atoms with Crippen molar-refractivity contribution in [3.8, 4) is 0 Å². The van der Waals surface area contributed by atoms with Crippen molar-refractivity contribution < 1.29 is 0 Å². The molecule has 1 aliphatic heterocycles. The fourth-order valence-electron chi connectivity index (χ4n) is 2.91. The molecule has 2 atom stereocenters. The first-order valence-corrected chi connectivity index (χ1v) is 7.25. The predicted molar refractivity (Wildman–Crippen MR) is 75.6 cm³/mol. The van der Waals surface area contributed by atoms with Crippen LogP contribution in [0, 0.1) is 12.8 Å². The summed E-state index contributed by atoms with van der Waals surface area (Å²) in [7, 11) is 0. The van der Waals surface area contributed by atoms with Gasteiger partial charge in [0, 0.05) is 31.7 Å². The molecule has 1 aliphatic carbocycles. The number of aryl methyl sites for hydroxylation is 1. The van der Waals surface area contributed by atoms with E-state index in [2.05, 4.69) is 48.3 Å². The zero-order valence-electron chi connectivity index (χ0n) is 11.5. The van der Waals surface area contributed by atoms with Gasteiger partial charge in [0.25, 0.3) is 0 Å². The molecular formula is C16H24N2.